The molecule has 1 aromatic rings. The zero-order valence-corrected chi connectivity index (χ0v) is 14.9. The molecule has 0 aromatic heterocycles. The molecular weight excluding hydrogens is 344 g/mol. The number of anilines is 1. The largest absolute Gasteiger partial charge is 0.342 e. The van der Waals surface area contributed by atoms with Crippen LogP contribution in [0.15, 0.2) is 22.7 Å². The van der Waals surface area contributed by atoms with Crippen molar-refractivity contribution in [3.05, 3.63) is 28.2 Å². The van der Waals surface area contributed by atoms with Crippen LogP contribution < -0.4 is 5.32 Å². The van der Waals surface area contributed by atoms with Gasteiger partial charge in [-0.2, -0.15) is 0 Å². The Morgan fingerprint density at radius 1 is 1.27 bits per heavy atom. The van der Waals surface area contributed by atoms with Gasteiger partial charge in [0.25, 0.3) is 0 Å². The number of likely N-dealkylation sites (tertiary alicyclic amines) is 1. The molecule has 0 atom stereocenters. The van der Waals surface area contributed by atoms with Gasteiger partial charge in [-0.3, -0.25) is 9.59 Å². The fourth-order valence-electron chi connectivity index (χ4n) is 2.69. The van der Waals surface area contributed by atoms with Crippen molar-refractivity contribution in [1.29, 1.82) is 0 Å². The predicted molar refractivity (Wildman–Crippen MR) is 91.7 cm³/mol. The maximum absolute atomic E-state index is 12.3. The molecule has 0 bridgehead atoms. The van der Waals surface area contributed by atoms with Crippen molar-refractivity contribution in [2.24, 2.45) is 11.8 Å². The zero-order chi connectivity index (χ0) is 16.3. The van der Waals surface area contributed by atoms with E-state index in [1.165, 1.54) is 0 Å². The monoisotopic (exact) mass is 366 g/mol. The van der Waals surface area contributed by atoms with Gasteiger partial charge >= 0.3 is 0 Å². The van der Waals surface area contributed by atoms with Crippen molar-refractivity contribution in [2.45, 2.75) is 33.6 Å². The van der Waals surface area contributed by atoms with Crippen molar-refractivity contribution < 1.29 is 9.59 Å². The minimum absolute atomic E-state index is 0.0137. The van der Waals surface area contributed by atoms with Crippen molar-refractivity contribution >= 4 is 33.4 Å². The first kappa shape index (κ1) is 17.0. The van der Waals surface area contributed by atoms with E-state index >= 15 is 0 Å². The third-order valence-electron chi connectivity index (χ3n) is 4.10. The Morgan fingerprint density at radius 3 is 2.45 bits per heavy atom. The lowest BCUT2D eigenvalue weighted by atomic mass is 9.95. The van der Waals surface area contributed by atoms with E-state index in [-0.39, 0.29) is 23.7 Å². The Labute approximate surface area is 140 Å². The molecule has 1 aliphatic rings. The number of nitrogens with one attached hydrogen (secondary N) is 1. The van der Waals surface area contributed by atoms with Gasteiger partial charge < -0.3 is 10.2 Å². The van der Waals surface area contributed by atoms with Crippen LogP contribution >= 0.6 is 15.9 Å². The Hall–Kier alpha value is -1.36. The topological polar surface area (TPSA) is 49.4 Å². The van der Waals surface area contributed by atoms with E-state index in [1.54, 1.807) is 0 Å². The maximum Gasteiger partial charge on any atom is 0.227 e. The molecule has 0 aliphatic carbocycles. The highest BCUT2D eigenvalue weighted by Crippen LogP contribution is 2.23. The lowest BCUT2D eigenvalue weighted by Gasteiger charge is -2.32. The summed E-state index contributed by atoms with van der Waals surface area (Å²) in [5.74, 6) is 0.247. The molecule has 1 fully saturated rings. The molecule has 0 spiro atoms. The molecule has 5 heteroatoms. The van der Waals surface area contributed by atoms with Crippen molar-refractivity contribution in [2.75, 3.05) is 18.4 Å². The second-order valence-electron chi connectivity index (χ2n) is 6.21. The summed E-state index contributed by atoms with van der Waals surface area (Å²) in [5, 5.41) is 2.98. The predicted octanol–water partition coefficient (Wildman–Crippen LogP) is 3.59. The number of carbonyl (C=O) groups is 2. The number of nitrogens with zero attached hydrogens (tertiary/aromatic N) is 1. The van der Waals surface area contributed by atoms with Gasteiger partial charge in [0.05, 0.1) is 0 Å². The molecular formula is C17H23BrN2O2. The van der Waals surface area contributed by atoms with Gasteiger partial charge in [-0.15, -0.1) is 0 Å². The third-order valence-corrected chi connectivity index (χ3v) is 4.99. The van der Waals surface area contributed by atoms with Gasteiger partial charge in [0, 0.05) is 35.1 Å². The summed E-state index contributed by atoms with van der Waals surface area (Å²) in [4.78, 5) is 26.2. The summed E-state index contributed by atoms with van der Waals surface area (Å²) in [7, 11) is 0. The average Bonchev–Trinajstić information content (AvgIpc) is 2.50. The van der Waals surface area contributed by atoms with E-state index in [2.05, 4.69) is 21.2 Å². The van der Waals surface area contributed by atoms with Crippen molar-refractivity contribution in [3.8, 4) is 0 Å². The lowest BCUT2D eigenvalue weighted by Crippen LogP contribution is -2.43. The first-order chi connectivity index (χ1) is 10.4. The number of hydrogen-bond donors (Lipinski definition) is 1. The second kappa shape index (κ2) is 7.27. The van der Waals surface area contributed by atoms with Gasteiger partial charge in [-0.25, -0.2) is 0 Å². The second-order valence-corrected chi connectivity index (χ2v) is 7.06. The van der Waals surface area contributed by atoms with Crippen LogP contribution in [-0.2, 0) is 9.59 Å². The number of piperidine rings is 1. The fourth-order valence-corrected chi connectivity index (χ4v) is 2.94. The summed E-state index contributed by atoms with van der Waals surface area (Å²) < 4.78 is 1.03. The Morgan fingerprint density at radius 2 is 1.91 bits per heavy atom. The molecule has 1 saturated heterocycles. The highest BCUT2D eigenvalue weighted by atomic mass is 79.9. The van der Waals surface area contributed by atoms with Crippen LogP contribution in [0.25, 0.3) is 0 Å². The molecule has 2 rings (SSSR count). The molecule has 120 valence electrons. The zero-order valence-electron chi connectivity index (χ0n) is 13.4. The Kier molecular flexibility index (Phi) is 5.62. The Bertz CT molecular complexity index is 564. The van der Waals surface area contributed by atoms with E-state index in [9.17, 15) is 9.59 Å². The van der Waals surface area contributed by atoms with Crippen molar-refractivity contribution in [3.63, 3.8) is 0 Å². The third kappa shape index (κ3) is 4.09. The van der Waals surface area contributed by atoms with Crippen LogP contribution in [0.4, 0.5) is 5.69 Å². The SMILES string of the molecule is Cc1cc(NC(=O)C2CCN(C(=O)C(C)C)CC2)ccc1Br. The minimum atomic E-state index is -0.0137. The number of carbonyl (C=O) groups excluding carboxylic acids is 2. The van der Waals surface area contributed by atoms with Gasteiger partial charge in [-0.1, -0.05) is 29.8 Å². The summed E-state index contributed by atoms with van der Waals surface area (Å²) in [6.07, 6.45) is 1.47. The number of amides is 2. The van der Waals surface area contributed by atoms with Crippen LogP contribution in [0, 0.1) is 18.8 Å². The van der Waals surface area contributed by atoms with E-state index in [0.29, 0.717) is 13.1 Å². The quantitative estimate of drug-likeness (QED) is 0.888. The number of aryl methyl sites for hydroxylation is 1. The molecule has 1 aromatic carbocycles. The van der Waals surface area contributed by atoms with Crippen LogP contribution in [0.1, 0.15) is 32.3 Å². The molecule has 1 N–H and O–H groups in total. The fraction of sp³-hybridized carbons (Fsp3) is 0.529. The van der Waals surface area contributed by atoms with E-state index in [1.807, 2.05) is 43.9 Å². The summed E-state index contributed by atoms with van der Waals surface area (Å²) in [5.41, 5.74) is 1.92. The highest BCUT2D eigenvalue weighted by molar-refractivity contribution is 9.10. The van der Waals surface area contributed by atoms with Gasteiger partial charge in [0.15, 0.2) is 0 Å². The van der Waals surface area contributed by atoms with Crippen LogP contribution in [0.2, 0.25) is 0 Å². The molecule has 0 unspecified atom stereocenters. The summed E-state index contributed by atoms with van der Waals surface area (Å²) in [6.45, 7) is 7.17. The number of benzene rings is 1. The maximum atomic E-state index is 12.3. The smallest absolute Gasteiger partial charge is 0.227 e. The molecule has 1 heterocycles. The van der Waals surface area contributed by atoms with E-state index in [4.69, 9.17) is 0 Å². The molecule has 2 amide bonds. The number of hydrogen-bond acceptors (Lipinski definition) is 2. The molecule has 1 aliphatic heterocycles. The highest BCUT2D eigenvalue weighted by Gasteiger charge is 2.28. The van der Waals surface area contributed by atoms with Crippen LogP contribution in [0.3, 0.4) is 0 Å². The molecule has 22 heavy (non-hydrogen) atoms. The summed E-state index contributed by atoms with van der Waals surface area (Å²) in [6, 6.07) is 5.79. The standard InChI is InChI=1S/C17H23BrN2O2/c1-11(2)17(22)20-8-6-13(7-9-20)16(21)19-14-4-5-15(18)12(3)10-14/h4-5,10-11,13H,6-9H2,1-3H3,(H,19,21). The molecule has 0 radical (unpaired) electrons. The molecule has 4 nitrogen and oxygen atoms in total. The van der Waals surface area contributed by atoms with E-state index < -0.39 is 0 Å². The average molecular weight is 367 g/mol. The Balaban J connectivity index is 1.89. The van der Waals surface area contributed by atoms with Gasteiger partial charge in [-0.05, 0) is 43.5 Å². The number of rotatable bonds is 3. The first-order valence-corrected chi connectivity index (χ1v) is 8.53. The number of halogens is 1. The van der Waals surface area contributed by atoms with E-state index in [0.717, 1.165) is 28.6 Å². The minimum Gasteiger partial charge on any atom is -0.342 e. The lowest BCUT2D eigenvalue weighted by molar-refractivity contribution is -0.137. The summed E-state index contributed by atoms with van der Waals surface area (Å²) >= 11 is 3.45. The molecule has 0 saturated carbocycles. The van der Waals surface area contributed by atoms with Gasteiger partial charge in [0.2, 0.25) is 11.8 Å². The van der Waals surface area contributed by atoms with Gasteiger partial charge in [0.1, 0.15) is 0 Å². The van der Waals surface area contributed by atoms with Crippen molar-refractivity contribution in [1.82, 2.24) is 4.90 Å². The van der Waals surface area contributed by atoms with Crippen LogP contribution in [-0.4, -0.2) is 29.8 Å². The normalized spacial score (nSPS) is 16.0. The first-order valence-electron chi connectivity index (χ1n) is 7.74. The van der Waals surface area contributed by atoms with Crippen LogP contribution in [0.5, 0.6) is 0 Å².